The standard InChI is InChI=1S/C13H24N2O4/c1-4-19-11(16)9-18-8-7-15-6-5-13(2,10-15)12(17)14-3/h4-10H2,1-3H3,(H,14,17). The van der Waals surface area contributed by atoms with Gasteiger partial charge in [0.05, 0.1) is 18.6 Å². The number of nitrogens with zero attached hydrogens (tertiary/aromatic N) is 1. The fourth-order valence-corrected chi connectivity index (χ4v) is 2.29. The van der Waals surface area contributed by atoms with E-state index in [0.29, 0.717) is 13.2 Å². The molecule has 1 aliphatic heterocycles. The Kier molecular flexibility index (Phi) is 6.24. The Labute approximate surface area is 114 Å². The van der Waals surface area contributed by atoms with Crippen LogP contribution in [-0.2, 0) is 19.1 Å². The van der Waals surface area contributed by atoms with E-state index in [1.807, 2.05) is 6.92 Å². The lowest BCUT2D eigenvalue weighted by Gasteiger charge is -2.22. The molecule has 0 radical (unpaired) electrons. The summed E-state index contributed by atoms with van der Waals surface area (Å²) >= 11 is 0. The highest BCUT2D eigenvalue weighted by atomic mass is 16.6. The molecule has 1 rings (SSSR count). The van der Waals surface area contributed by atoms with Crippen molar-refractivity contribution in [1.29, 1.82) is 0 Å². The normalized spacial score (nSPS) is 23.3. The second kappa shape index (κ2) is 7.45. The van der Waals surface area contributed by atoms with Crippen LogP contribution in [0.1, 0.15) is 20.3 Å². The second-order valence-corrected chi connectivity index (χ2v) is 5.02. The molecule has 6 nitrogen and oxygen atoms in total. The number of nitrogens with one attached hydrogen (secondary N) is 1. The maximum Gasteiger partial charge on any atom is 0.332 e. The first-order valence-corrected chi connectivity index (χ1v) is 6.69. The van der Waals surface area contributed by atoms with Gasteiger partial charge in [-0.3, -0.25) is 9.69 Å². The molecular formula is C13H24N2O4. The summed E-state index contributed by atoms with van der Waals surface area (Å²) in [5.74, 6) is -0.249. The summed E-state index contributed by atoms with van der Waals surface area (Å²) in [6.45, 7) is 6.93. The number of likely N-dealkylation sites (tertiary alicyclic amines) is 1. The molecule has 0 aromatic carbocycles. The Morgan fingerprint density at radius 2 is 2.16 bits per heavy atom. The van der Waals surface area contributed by atoms with Crippen molar-refractivity contribution in [1.82, 2.24) is 10.2 Å². The third-order valence-electron chi connectivity index (χ3n) is 3.40. The Bertz CT molecular complexity index is 322. The van der Waals surface area contributed by atoms with E-state index in [1.165, 1.54) is 0 Å². The van der Waals surface area contributed by atoms with Gasteiger partial charge < -0.3 is 14.8 Å². The summed E-state index contributed by atoms with van der Waals surface area (Å²) in [5, 5.41) is 2.71. The van der Waals surface area contributed by atoms with Crippen molar-refractivity contribution in [2.24, 2.45) is 5.41 Å². The van der Waals surface area contributed by atoms with Crippen LogP contribution >= 0.6 is 0 Å². The minimum absolute atomic E-state index is 0.00556. The number of amides is 1. The highest BCUT2D eigenvalue weighted by Gasteiger charge is 2.39. The Morgan fingerprint density at radius 1 is 1.42 bits per heavy atom. The zero-order valence-corrected chi connectivity index (χ0v) is 12.0. The van der Waals surface area contributed by atoms with Crippen LogP contribution in [0.4, 0.5) is 0 Å². The van der Waals surface area contributed by atoms with Crippen LogP contribution in [-0.4, -0.2) is 63.3 Å². The van der Waals surface area contributed by atoms with Crippen molar-refractivity contribution in [3.63, 3.8) is 0 Å². The average molecular weight is 272 g/mol. The van der Waals surface area contributed by atoms with Crippen molar-refractivity contribution in [2.75, 3.05) is 46.5 Å². The highest BCUT2D eigenvalue weighted by Crippen LogP contribution is 2.29. The quantitative estimate of drug-likeness (QED) is 0.523. The van der Waals surface area contributed by atoms with Crippen LogP contribution in [0.3, 0.4) is 0 Å². The fraction of sp³-hybridized carbons (Fsp3) is 0.846. The van der Waals surface area contributed by atoms with Crippen LogP contribution in [0.2, 0.25) is 0 Å². The molecule has 0 aromatic heterocycles. The third kappa shape index (κ3) is 4.80. The second-order valence-electron chi connectivity index (χ2n) is 5.02. The van der Waals surface area contributed by atoms with Gasteiger partial charge in [-0.05, 0) is 26.8 Å². The van der Waals surface area contributed by atoms with E-state index in [0.717, 1.165) is 26.1 Å². The molecule has 1 N–H and O–H groups in total. The molecule has 19 heavy (non-hydrogen) atoms. The minimum Gasteiger partial charge on any atom is -0.464 e. The summed E-state index contributed by atoms with van der Waals surface area (Å²) in [4.78, 5) is 25.0. The molecule has 1 atom stereocenters. The maximum atomic E-state index is 11.7. The van der Waals surface area contributed by atoms with Crippen molar-refractivity contribution < 1.29 is 19.1 Å². The summed E-state index contributed by atoms with van der Waals surface area (Å²) in [5.41, 5.74) is -0.310. The van der Waals surface area contributed by atoms with Gasteiger partial charge in [-0.25, -0.2) is 4.79 Å². The van der Waals surface area contributed by atoms with Crippen LogP contribution in [0.25, 0.3) is 0 Å². The van der Waals surface area contributed by atoms with E-state index in [2.05, 4.69) is 10.2 Å². The Morgan fingerprint density at radius 3 is 2.79 bits per heavy atom. The Hall–Kier alpha value is -1.14. The zero-order chi connectivity index (χ0) is 14.3. The molecule has 0 aromatic rings. The van der Waals surface area contributed by atoms with Gasteiger partial charge in [0.25, 0.3) is 0 Å². The van der Waals surface area contributed by atoms with Gasteiger partial charge in [-0.1, -0.05) is 0 Å². The van der Waals surface area contributed by atoms with Crippen molar-refractivity contribution in [3.05, 3.63) is 0 Å². The maximum absolute atomic E-state index is 11.7. The van der Waals surface area contributed by atoms with Gasteiger partial charge >= 0.3 is 5.97 Å². The van der Waals surface area contributed by atoms with Crippen LogP contribution in [0, 0.1) is 5.41 Å². The number of rotatable bonds is 7. The fourth-order valence-electron chi connectivity index (χ4n) is 2.29. The van der Waals surface area contributed by atoms with Gasteiger partial charge in [0.15, 0.2) is 0 Å². The number of ether oxygens (including phenoxy) is 2. The topological polar surface area (TPSA) is 67.9 Å². The van der Waals surface area contributed by atoms with Gasteiger partial charge in [-0.2, -0.15) is 0 Å². The summed E-state index contributed by atoms with van der Waals surface area (Å²) in [6.07, 6.45) is 0.852. The first-order valence-electron chi connectivity index (χ1n) is 6.69. The molecular weight excluding hydrogens is 248 g/mol. The molecule has 1 fully saturated rings. The molecule has 1 amide bonds. The molecule has 110 valence electrons. The van der Waals surface area contributed by atoms with Crippen LogP contribution < -0.4 is 5.32 Å². The monoisotopic (exact) mass is 272 g/mol. The summed E-state index contributed by atoms with van der Waals surface area (Å²) < 4.78 is 10.0. The average Bonchev–Trinajstić information content (AvgIpc) is 2.77. The van der Waals surface area contributed by atoms with E-state index in [9.17, 15) is 9.59 Å². The van der Waals surface area contributed by atoms with E-state index in [-0.39, 0.29) is 23.9 Å². The number of carbonyl (C=O) groups is 2. The molecule has 6 heteroatoms. The van der Waals surface area contributed by atoms with E-state index < -0.39 is 0 Å². The molecule has 0 bridgehead atoms. The number of hydrogen-bond acceptors (Lipinski definition) is 5. The smallest absolute Gasteiger partial charge is 0.332 e. The van der Waals surface area contributed by atoms with E-state index in [4.69, 9.17) is 9.47 Å². The first-order chi connectivity index (χ1) is 9.01. The van der Waals surface area contributed by atoms with Gasteiger partial charge in [0, 0.05) is 20.1 Å². The van der Waals surface area contributed by atoms with Crippen LogP contribution in [0.15, 0.2) is 0 Å². The zero-order valence-electron chi connectivity index (χ0n) is 12.0. The van der Waals surface area contributed by atoms with Crippen molar-refractivity contribution in [3.8, 4) is 0 Å². The number of carbonyl (C=O) groups excluding carboxylic acids is 2. The SMILES string of the molecule is CCOC(=O)COCCN1CCC(C)(C(=O)NC)C1. The number of esters is 1. The predicted molar refractivity (Wildman–Crippen MR) is 70.7 cm³/mol. The van der Waals surface area contributed by atoms with Gasteiger partial charge in [-0.15, -0.1) is 0 Å². The molecule has 1 unspecified atom stereocenters. The molecule has 0 saturated carbocycles. The third-order valence-corrected chi connectivity index (χ3v) is 3.40. The lowest BCUT2D eigenvalue weighted by Crippen LogP contribution is -2.39. The summed E-state index contributed by atoms with van der Waals surface area (Å²) in [7, 11) is 1.67. The van der Waals surface area contributed by atoms with Gasteiger partial charge in [0.2, 0.25) is 5.91 Å². The largest absolute Gasteiger partial charge is 0.464 e. The van der Waals surface area contributed by atoms with Crippen LogP contribution in [0.5, 0.6) is 0 Å². The predicted octanol–water partition coefficient (Wildman–Crippen LogP) is 0.0241. The van der Waals surface area contributed by atoms with Crippen molar-refractivity contribution >= 4 is 11.9 Å². The number of hydrogen-bond donors (Lipinski definition) is 1. The molecule has 0 spiro atoms. The highest BCUT2D eigenvalue weighted by molar-refractivity contribution is 5.82. The molecule has 1 saturated heterocycles. The minimum atomic E-state index is -0.334. The van der Waals surface area contributed by atoms with Crippen molar-refractivity contribution in [2.45, 2.75) is 20.3 Å². The van der Waals surface area contributed by atoms with E-state index in [1.54, 1.807) is 14.0 Å². The summed E-state index contributed by atoms with van der Waals surface area (Å²) in [6, 6.07) is 0. The molecule has 1 aliphatic rings. The lowest BCUT2D eigenvalue weighted by molar-refractivity contribution is -0.148. The lowest BCUT2D eigenvalue weighted by atomic mass is 9.89. The van der Waals surface area contributed by atoms with E-state index >= 15 is 0 Å². The first kappa shape index (κ1) is 15.9. The molecule has 0 aliphatic carbocycles. The molecule has 1 heterocycles. The Balaban J connectivity index is 2.19. The van der Waals surface area contributed by atoms with Gasteiger partial charge in [0.1, 0.15) is 6.61 Å².